The first-order valence-electron chi connectivity index (χ1n) is 5.61. The third-order valence-corrected chi connectivity index (χ3v) is 2.87. The fraction of sp³-hybridized carbons (Fsp3) is 0.154. The lowest BCUT2D eigenvalue weighted by atomic mass is 10.2. The SMILES string of the molecule is Cc1cc(C)c2nc3nc(C#N)c(C#N)nc3n2c1. The van der Waals surface area contributed by atoms with Crippen LogP contribution in [0.15, 0.2) is 12.3 Å². The lowest BCUT2D eigenvalue weighted by Crippen LogP contribution is -1.97. The molecule has 3 aromatic heterocycles. The molecule has 19 heavy (non-hydrogen) atoms. The number of fused-ring (bicyclic) bond motifs is 3. The van der Waals surface area contributed by atoms with Crippen LogP contribution in [0.3, 0.4) is 0 Å². The minimum Gasteiger partial charge on any atom is -0.282 e. The van der Waals surface area contributed by atoms with Gasteiger partial charge in [-0.25, -0.2) is 15.0 Å². The van der Waals surface area contributed by atoms with Crippen LogP contribution in [0.1, 0.15) is 22.5 Å². The predicted molar refractivity (Wildman–Crippen MR) is 67.2 cm³/mol. The first-order chi connectivity index (χ1) is 9.13. The molecule has 0 fully saturated rings. The van der Waals surface area contributed by atoms with Gasteiger partial charge in [0.2, 0.25) is 0 Å². The second-order valence-corrected chi connectivity index (χ2v) is 4.30. The Morgan fingerprint density at radius 3 is 2.37 bits per heavy atom. The third kappa shape index (κ3) is 1.51. The molecule has 0 aliphatic carbocycles. The van der Waals surface area contributed by atoms with E-state index in [1.807, 2.05) is 38.2 Å². The van der Waals surface area contributed by atoms with Crippen molar-refractivity contribution in [1.29, 1.82) is 10.5 Å². The van der Waals surface area contributed by atoms with Gasteiger partial charge in [0.25, 0.3) is 0 Å². The number of rotatable bonds is 0. The second kappa shape index (κ2) is 3.76. The van der Waals surface area contributed by atoms with Gasteiger partial charge in [0, 0.05) is 6.20 Å². The van der Waals surface area contributed by atoms with E-state index in [2.05, 4.69) is 15.0 Å². The van der Waals surface area contributed by atoms with E-state index < -0.39 is 0 Å². The maximum atomic E-state index is 8.99. The van der Waals surface area contributed by atoms with E-state index in [1.54, 1.807) is 4.40 Å². The van der Waals surface area contributed by atoms with E-state index >= 15 is 0 Å². The topological polar surface area (TPSA) is 90.7 Å². The van der Waals surface area contributed by atoms with Gasteiger partial charge in [0.1, 0.15) is 17.8 Å². The molecule has 0 bridgehead atoms. The molecule has 3 rings (SSSR count). The van der Waals surface area contributed by atoms with Crippen LogP contribution >= 0.6 is 0 Å². The molecule has 0 atom stereocenters. The molecule has 0 unspecified atom stereocenters. The Bertz CT molecular complexity index is 907. The van der Waals surface area contributed by atoms with Crippen molar-refractivity contribution in [3.63, 3.8) is 0 Å². The number of aryl methyl sites for hydroxylation is 2. The summed E-state index contributed by atoms with van der Waals surface area (Å²) in [6, 6.07) is 5.76. The summed E-state index contributed by atoms with van der Waals surface area (Å²) < 4.78 is 1.80. The Labute approximate surface area is 108 Å². The van der Waals surface area contributed by atoms with Gasteiger partial charge in [-0.2, -0.15) is 10.5 Å². The average Bonchev–Trinajstić information content (AvgIpc) is 2.75. The van der Waals surface area contributed by atoms with Crippen LogP contribution in [0.5, 0.6) is 0 Å². The zero-order valence-corrected chi connectivity index (χ0v) is 10.3. The molecule has 6 nitrogen and oxygen atoms in total. The van der Waals surface area contributed by atoms with Crippen molar-refractivity contribution < 1.29 is 0 Å². The highest BCUT2D eigenvalue weighted by molar-refractivity contribution is 5.75. The summed E-state index contributed by atoms with van der Waals surface area (Å²) in [5, 5.41) is 17.9. The van der Waals surface area contributed by atoms with Gasteiger partial charge in [-0.05, 0) is 25.0 Å². The van der Waals surface area contributed by atoms with Crippen LogP contribution in [-0.4, -0.2) is 19.4 Å². The van der Waals surface area contributed by atoms with Crippen LogP contribution in [0.4, 0.5) is 0 Å². The molecule has 0 saturated carbocycles. The number of nitriles is 2. The maximum Gasteiger partial charge on any atom is 0.199 e. The van der Waals surface area contributed by atoms with Crippen LogP contribution in [0, 0.1) is 36.5 Å². The number of nitrogens with zero attached hydrogens (tertiary/aromatic N) is 6. The van der Waals surface area contributed by atoms with E-state index in [0.717, 1.165) is 16.8 Å². The van der Waals surface area contributed by atoms with E-state index in [1.165, 1.54) is 0 Å². The van der Waals surface area contributed by atoms with E-state index in [9.17, 15) is 0 Å². The Hall–Kier alpha value is -2.99. The van der Waals surface area contributed by atoms with Crippen molar-refractivity contribution in [2.75, 3.05) is 0 Å². The van der Waals surface area contributed by atoms with Crippen LogP contribution in [0.2, 0.25) is 0 Å². The fourth-order valence-corrected chi connectivity index (χ4v) is 2.11. The molecule has 0 aliphatic heterocycles. The molecule has 0 N–H and O–H groups in total. The molecule has 0 saturated heterocycles. The Balaban J connectivity index is 2.54. The highest BCUT2D eigenvalue weighted by Crippen LogP contribution is 2.18. The molecule has 6 heteroatoms. The highest BCUT2D eigenvalue weighted by atomic mass is 15.1. The molecule has 3 heterocycles. The highest BCUT2D eigenvalue weighted by Gasteiger charge is 2.14. The summed E-state index contributed by atoms with van der Waals surface area (Å²) in [7, 11) is 0. The Morgan fingerprint density at radius 2 is 1.68 bits per heavy atom. The Morgan fingerprint density at radius 1 is 1.00 bits per heavy atom. The number of pyridine rings is 1. The van der Waals surface area contributed by atoms with Crippen LogP contribution in [-0.2, 0) is 0 Å². The number of hydrogen-bond acceptors (Lipinski definition) is 5. The predicted octanol–water partition coefficient (Wildman–Crippen LogP) is 1.64. The van der Waals surface area contributed by atoms with Crippen molar-refractivity contribution in [3.05, 3.63) is 34.8 Å². The third-order valence-electron chi connectivity index (χ3n) is 2.87. The van der Waals surface area contributed by atoms with Crippen molar-refractivity contribution in [2.24, 2.45) is 0 Å². The van der Waals surface area contributed by atoms with Gasteiger partial charge in [-0.15, -0.1) is 0 Å². The fourth-order valence-electron chi connectivity index (χ4n) is 2.11. The van der Waals surface area contributed by atoms with E-state index in [-0.39, 0.29) is 11.4 Å². The average molecular weight is 248 g/mol. The molecule has 0 aliphatic rings. The number of aromatic nitrogens is 4. The summed E-state index contributed by atoms with van der Waals surface area (Å²) in [5.41, 5.74) is 3.70. The van der Waals surface area contributed by atoms with E-state index in [0.29, 0.717) is 11.3 Å². The summed E-state index contributed by atoms with van der Waals surface area (Å²) in [5.74, 6) is 0. The molecule has 90 valence electrons. The lowest BCUT2D eigenvalue weighted by Gasteiger charge is -2.00. The number of hydrogen-bond donors (Lipinski definition) is 0. The van der Waals surface area contributed by atoms with Gasteiger partial charge in [0.15, 0.2) is 22.7 Å². The first-order valence-corrected chi connectivity index (χ1v) is 5.61. The monoisotopic (exact) mass is 248 g/mol. The normalized spacial score (nSPS) is 10.5. The quantitative estimate of drug-likeness (QED) is 0.603. The zero-order valence-electron chi connectivity index (χ0n) is 10.3. The van der Waals surface area contributed by atoms with Crippen molar-refractivity contribution in [1.82, 2.24) is 19.4 Å². The van der Waals surface area contributed by atoms with E-state index in [4.69, 9.17) is 10.5 Å². The summed E-state index contributed by atoms with van der Waals surface area (Å²) in [6.07, 6.45) is 1.89. The van der Waals surface area contributed by atoms with Gasteiger partial charge in [-0.1, -0.05) is 6.07 Å². The Kier molecular flexibility index (Phi) is 2.20. The van der Waals surface area contributed by atoms with Gasteiger partial charge < -0.3 is 0 Å². The molecule has 0 aromatic carbocycles. The lowest BCUT2D eigenvalue weighted by molar-refractivity contribution is 1.12. The standard InChI is InChI=1S/C13H8N6/c1-7-3-8(2)12-18-11-13(19(12)6-7)17-10(5-15)9(4-14)16-11/h3,6H,1-2H3. The molecule has 0 spiro atoms. The zero-order chi connectivity index (χ0) is 13.6. The minimum atomic E-state index is 0.00720. The summed E-state index contributed by atoms with van der Waals surface area (Å²) in [6.45, 7) is 3.92. The molecular weight excluding hydrogens is 240 g/mol. The molecule has 0 radical (unpaired) electrons. The smallest absolute Gasteiger partial charge is 0.199 e. The largest absolute Gasteiger partial charge is 0.282 e. The summed E-state index contributed by atoms with van der Waals surface area (Å²) in [4.78, 5) is 12.7. The first kappa shape index (κ1) is 11.1. The maximum absolute atomic E-state index is 8.99. The molecular formula is C13H8N6. The number of imidazole rings is 1. The molecule has 3 aromatic rings. The minimum absolute atomic E-state index is 0.00720. The second-order valence-electron chi connectivity index (χ2n) is 4.30. The van der Waals surface area contributed by atoms with Crippen LogP contribution in [0.25, 0.3) is 16.9 Å². The summed E-state index contributed by atoms with van der Waals surface area (Å²) >= 11 is 0. The van der Waals surface area contributed by atoms with Crippen LogP contribution < -0.4 is 0 Å². The van der Waals surface area contributed by atoms with Gasteiger partial charge in [0.05, 0.1) is 0 Å². The van der Waals surface area contributed by atoms with Crippen molar-refractivity contribution in [3.8, 4) is 12.1 Å². The van der Waals surface area contributed by atoms with Crippen molar-refractivity contribution >= 4 is 16.9 Å². The molecule has 0 amide bonds. The van der Waals surface area contributed by atoms with Gasteiger partial charge >= 0.3 is 0 Å². The van der Waals surface area contributed by atoms with Crippen molar-refractivity contribution in [2.45, 2.75) is 13.8 Å². The van der Waals surface area contributed by atoms with Gasteiger partial charge in [-0.3, -0.25) is 4.40 Å².